The van der Waals surface area contributed by atoms with E-state index in [-0.39, 0.29) is 27.7 Å². The molecule has 0 amide bonds. The molecule has 0 bridgehead atoms. The first-order chi connectivity index (χ1) is 12.4. The molecule has 0 saturated heterocycles. The van der Waals surface area contributed by atoms with Crippen molar-refractivity contribution < 1.29 is 21.6 Å². The van der Waals surface area contributed by atoms with E-state index in [0.29, 0.717) is 11.1 Å². The second-order valence-electron chi connectivity index (χ2n) is 6.40. The number of pyridine rings is 1. The van der Waals surface area contributed by atoms with Gasteiger partial charge in [-0.05, 0) is 35.7 Å². The van der Waals surface area contributed by atoms with Crippen LogP contribution in [0.2, 0.25) is 5.02 Å². The van der Waals surface area contributed by atoms with E-state index in [1.807, 2.05) is 0 Å². The number of aromatic nitrogens is 1. The van der Waals surface area contributed by atoms with Crippen molar-refractivity contribution >= 4 is 42.9 Å². The number of halogens is 1. The summed E-state index contributed by atoms with van der Waals surface area (Å²) in [6.07, 6.45) is 2.45. The molecule has 0 fully saturated rings. The molecule has 1 aromatic heterocycles. The molecule has 1 unspecified atom stereocenters. The quantitative estimate of drug-likeness (QED) is 0.743. The van der Waals surface area contributed by atoms with Gasteiger partial charge in [0.2, 0.25) is 15.8 Å². The van der Waals surface area contributed by atoms with Crippen molar-refractivity contribution in [2.75, 3.05) is 17.6 Å². The van der Waals surface area contributed by atoms with Crippen LogP contribution in [0.4, 0.5) is 5.69 Å². The third kappa shape index (κ3) is 3.35. The lowest BCUT2D eigenvalue weighted by Gasteiger charge is -2.27. The van der Waals surface area contributed by atoms with Gasteiger partial charge in [-0.1, -0.05) is 23.7 Å². The summed E-state index contributed by atoms with van der Waals surface area (Å²) < 4.78 is 50.6. The molecule has 1 aromatic carbocycles. The van der Waals surface area contributed by atoms with E-state index in [1.54, 1.807) is 19.1 Å². The van der Waals surface area contributed by atoms with E-state index in [0.717, 1.165) is 10.6 Å². The largest absolute Gasteiger partial charge is 0.291 e. The zero-order chi connectivity index (χ0) is 20.1. The van der Waals surface area contributed by atoms with E-state index in [4.69, 9.17) is 11.6 Å². The maximum absolute atomic E-state index is 12.9. The third-order valence-corrected chi connectivity index (χ3v) is 7.98. The van der Waals surface area contributed by atoms with Crippen molar-refractivity contribution in [1.29, 1.82) is 0 Å². The van der Waals surface area contributed by atoms with Crippen LogP contribution in [0.15, 0.2) is 30.5 Å². The minimum absolute atomic E-state index is 0.115. The molecule has 0 radical (unpaired) electrons. The Bertz CT molecular complexity index is 1160. The molecule has 1 aliphatic rings. The predicted molar refractivity (Wildman–Crippen MR) is 103 cm³/mol. The van der Waals surface area contributed by atoms with Gasteiger partial charge in [0.15, 0.2) is 15.1 Å². The van der Waals surface area contributed by atoms with Crippen LogP contribution in [-0.2, 0) is 25.6 Å². The summed E-state index contributed by atoms with van der Waals surface area (Å²) in [4.78, 5) is 17.0. The first kappa shape index (κ1) is 19.8. The average Bonchev–Trinajstić information content (AvgIpc) is 2.55. The molecule has 0 N–H and O–H groups in total. The summed E-state index contributed by atoms with van der Waals surface area (Å²) in [6, 6.07) is 5.99. The van der Waals surface area contributed by atoms with Crippen molar-refractivity contribution in [3.05, 3.63) is 57.9 Å². The molecule has 1 aliphatic heterocycles. The van der Waals surface area contributed by atoms with Crippen molar-refractivity contribution in [2.24, 2.45) is 0 Å². The van der Waals surface area contributed by atoms with Crippen LogP contribution in [0.3, 0.4) is 0 Å². The Balaban J connectivity index is 2.24. The van der Waals surface area contributed by atoms with Gasteiger partial charge in [0.1, 0.15) is 5.69 Å². The minimum atomic E-state index is -3.85. The Morgan fingerprint density at radius 2 is 1.93 bits per heavy atom. The topological polar surface area (TPSA) is 101 Å². The number of fused-ring (bicyclic) bond motifs is 1. The van der Waals surface area contributed by atoms with Crippen LogP contribution < -0.4 is 4.31 Å². The number of hydrogen-bond acceptors (Lipinski definition) is 6. The summed E-state index contributed by atoms with van der Waals surface area (Å²) in [5, 5.41) is -1.31. The van der Waals surface area contributed by atoms with Gasteiger partial charge in [-0.3, -0.25) is 14.1 Å². The third-order valence-electron chi connectivity index (χ3n) is 4.60. The van der Waals surface area contributed by atoms with Crippen LogP contribution in [0, 0.1) is 6.92 Å². The molecule has 1 atom stereocenters. The van der Waals surface area contributed by atoms with Gasteiger partial charge in [-0.25, -0.2) is 16.8 Å². The number of sulfonamides is 1. The Hall–Kier alpha value is -1.97. The molecule has 144 valence electrons. The smallest absolute Gasteiger partial charge is 0.232 e. The molecule has 7 nitrogen and oxygen atoms in total. The van der Waals surface area contributed by atoms with E-state index >= 15 is 0 Å². The number of nitrogens with zero attached hydrogens (tertiary/aromatic N) is 2. The van der Waals surface area contributed by atoms with Crippen molar-refractivity contribution in [1.82, 2.24) is 4.98 Å². The normalized spacial score (nSPS) is 18.8. The number of anilines is 1. The number of carbonyl (C=O) groups is 1. The Labute approximate surface area is 163 Å². The number of sulfone groups is 1. The standard InChI is InChI=1S/C17H17ClN2O5S2/c1-10-12(6-7-13(18)15(10)20(2)26(3,22)23)17-16(21)14-11(5-4-8-19-14)9-27(17,24)25/h4-8,17H,9H2,1-3H3. The van der Waals surface area contributed by atoms with Crippen LogP contribution in [0.1, 0.15) is 32.4 Å². The molecule has 0 spiro atoms. The highest BCUT2D eigenvalue weighted by Crippen LogP contribution is 2.41. The van der Waals surface area contributed by atoms with Crippen molar-refractivity contribution in [3.63, 3.8) is 0 Å². The van der Waals surface area contributed by atoms with E-state index < -0.39 is 30.9 Å². The molecule has 10 heteroatoms. The molecule has 3 rings (SSSR count). The highest BCUT2D eigenvalue weighted by Gasteiger charge is 2.42. The zero-order valence-corrected chi connectivity index (χ0v) is 17.2. The first-order valence-electron chi connectivity index (χ1n) is 7.87. The van der Waals surface area contributed by atoms with E-state index in [1.165, 1.54) is 25.4 Å². The fraction of sp³-hybridized carbons (Fsp3) is 0.294. The van der Waals surface area contributed by atoms with Crippen molar-refractivity contribution in [3.8, 4) is 0 Å². The SMILES string of the molecule is Cc1c(C2C(=O)c3ncccc3CS2(=O)=O)ccc(Cl)c1N(C)S(C)(=O)=O. The number of Topliss-reactive ketones (excluding diaryl/α,β-unsaturated/α-hetero) is 1. The van der Waals surface area contributed by atoms with Crippen LogP contribution in [-0.4, -0.2) is 40.9 Å². The Kier molecular flexibility index (Phi) is 4.82. The summed E-state index contributed by atoms with van der Waals surface area (Å²) in [7, 11) is -6.17. The molecule has 2 heterocycles. The zero-order valence-electron chi connectivity index (χ0n) is 14.8. The summed E-state index contributed by atoms with van der Waals surface area (Å²) >= 11 is 6.18. The summed E-state index contributed by atoms with van der Waals surface area (Å²) in [6.45, 7) is 1.55. The van der Waals surface area contributed by atoms with Crippen molar-refractivity contribution in [2.45, 2.75) is 17.9 Å². The average molecular weight is 429 g/mol. The Morgan fingerprint density at radius 3 is 2.56 bits per heavy atom. The van der Waals surface area contributed by atoms with Gasteiger partial charge in [0, 0.05) is 13.2 Å². The number of hydrogen-bond donors (Lipinski definition) is 0. The second-order valence-corrected chi connectivity index (χ2v) is 10.9. The van der Waals surface area contributed by atoms with Gasteiger partial charge in [0.25, 0.3) is 0 Å². The van der Waals surface area contributed by atoms with Gasteiger partial charge in [-0.2, -0.15) is 0 Å². The predicted octanol–water partition coefficient (Wildman–Crippen LogP) is 2.29. The number of rotatable bonds is 3. The van der Waals surface area contributed by atoms with Gasteiger partial charge < -0.3 is 0 Å². The molecule has 2 aromatic rings. The van der Waals surface area contributed by atoms with Crippen LogP contribution in [0.25, 0.3) is 0 Å². The molecule has 27 heavy (non-hydrogen) atoms. The van der Waals surface area contributed by atoms with Crippen LogP contribution >= 0.6 is 11.6 Å². The minimum Gasteiger partial charge on any atom is -0.291 e. The monoisotopic (exact) mass is 428 g/mol. The van der Waals surface area contributed by atoms with Gasteiger partial charge in [-0.15, -0.1) is 0 Å². The molecule has 0 saturated carbocycles. The van der Waals surface area contributed by atoms with E-state index in [9.17, 15) is 21.6 Å². The highest BCUT2D eigenvalue weighted by atomic mass is 35.5. The Morgan fingerprint density at radius 1 is 1.26 bits per heavy atom. The highest BCUT2D eigenvalue weighted by molar-refractivity contribution is 7.92. The number of ketones is 1. The lowest BCUT2D eigenvalue weighted by atomic mass is 9.97. The lowest BCUT2D eigenvalue weighted by molar-refractivity contribution is 0.0978. The fourth-order valence-electron chi connectivity index (χ4n) is 3.22. The summed E-state index contributed by atoms with van der Waals surface area (Å²) in [5.74, 6) is -0.943. The maximum atomic E-state index is 12.9. The lowest BCUT2D eigenvalue weighted by Crippen LogP contribution is -2.32. The van der Waals surface area contributed by atoms with Gasteiger partial charge in [0.05, 0.1) is 22.7 Å². The fourth-order valence-corrected chi connectivity index (χ4v) is 6.08. The number of benzene rings is 1. The maximum Gasteiger partial charge on any atom is 0.232 e. The van der Waals surface area contributed by atoms with Gasteiger partial charge >= 0.3 is 0 Å². The summed E-state index contributed by atoms with van der Waals surface area (Å²) in [5.41, 5.74) is 1.14. The molecule has 0 aliphatic carbocycles. The first-order valence-corrected chi connectivity index (χ1v) is 11.8. The number of carbonyl (C=O) groups excluding carboxylic acids is 1. The molecular weight excluding hydrogens is 412 g/mol. The second kappa shape index (κ2) is 6.57. The molecular formula is C17H17ClN2O5S2. The van der Waals surface area contributed by atoms with E-state index in [2.05, 4.69) is 4.98 Å². The van der Waals surface area contributed by atoms with Crippen LogP contribution in [0.5, 0.6) is 0 Å².